The molecular formula is C18H20N2O3S. The van der Waals surface area contributed by atoms with Crippen molar-refractivity contribution in [2.24, 2.45) is 0 Å². The zero-order chi connectivity index (χ0) is 17.2. The number of hydrogen-bond acceptors (Lipinski definition) is 3. The molecule has 1 amide bonds. The molecule has 1 aliphatic carbocycles. The Labute approximate surface area is 142 Å². The van der Waals surface area contributed by atoms with E-state index in [9.17, 15) is 13.2 Å². The number of rotatable bonds is 6. The molecule has 0 aromatic heterocycles. The first-order chi connectivity index (χ1) is 11.5. The van der Waals surface area contributed by atoms with Crippen LogP contribution < -0.4 is 10.0 Å². The monoisotopic (exact) mass is 344 g/mol. The van der Waals surface area contributed by atoms with Crippen molar-refractivity contribution in [3.63, 3.8) is 0 Å². The first-order valence-corrected chi connectivity index (χ1v) is 9.45. The van der Waals surface area contributed by atoms with E-state index in [1.54, 1.807) is 19.1 Å². The SMILES string of the molecule is CCNS(=O)(=O)c1ccc(C(=O)NC2CC2c2ccccc2)cc1. The second-order valence-corrected chi connectivity index (χ2v) is 7.63. The van der Waals surface area contributed by atoms with E-state index in [-0.39, 0.29) is 16.8 Å². The van der Waals surface area contributed by atoms with Crippen LogP contribution in [0.15, 0.2) is 59.5 Å². The van der Waals surface area contributed by atoms with Crippen molar-refractivity contribution >= 4 is 15.9 Å². The van der Waals surface area contributed by atoms with Gasteiger partial charge >= 0.3 is 0 Å². The molecule has 1 fully saturated rings. The van der Waals surface area contributed by atoms with Gasteiger partial charge in [-0.15, -0.1) is 0 Å². The average molecular weight is 344 g/mol. The molecule has 2 N–H and O–H groups in total. The summed E-state index contributed by atoms with van der Waals surface area (Å²) in [6.45, 7) is 2.05. The summed E-state index contributed by atoms with van der Waals surface area (Å²) in [5, 5.41) is 3.00. The van der Waals surface area contributed by atoms with Crippen LogP contribution in [0, 0.1) is 0 Å². The lowest BCUT2D eigenvalue weighted by molar-refractivity contribution is 0.0950. The van der Waals surface area contributed by atoms with E-state index in [1.807, 2.05) is 18.2 Å². The fraction of sp³-hybridized carbons (Fsp3) is 0.278. The van der Waals surface area contributed by atoms with Gasteiger partial charge in [0.15, 0.2) is 0 Å². The lowest BCUT2D eigenvalue weighted by Crippen LogP contribution is -2.27. The summed E-state index contributed by atoms with van der Waals surface area (Å²) in [4.78, 5) is 12.4. The lowest BCUT2D eigenvalue weighted by Gasteiger charge is -2.07. The van der Waals surface area contributed by atoms with E-state index < -0.39 is 10.0 Å². The van der Waals surface area contributed by atoms with Gasteiger partial charge in [-0.3, -0.25) is 4.79 Å². The van der Waals surface area contributed by atoms with E-state index in [4.69, 9.17) is 0 Å². The first-order valence-electron chi connectivity index (χ1n) is 7.97. The Bertz CT molecular complexity index is 817. The van der Waals surface area contributed by atoms with Crippen LogP contribution >= 0.6 is 0 Å². The van der Waals surface area contributed by atoms with Crippen molar-refractivity contribution in [1.29, 1.82) is 0 Å². The number of carbonyl (C=O) groups is 1. The Hall–Kier alpha value is -2.18. The minimum absolute atomic E-state index is 0.144. The van der Waals surface area contributed by atoms with Crippen LogP contribution in [0.25, 0.3) is 0 Å². The number of carbonyl (C=O) groups excluding carboxylic acids is 1. The molecule has 126 valence electrons. The van der Waals surface area contributed by atoms with Crippen molar-refractivity contribution in [2.45, 2.75) is 30.2 Å². The Morgan fingerprint density at radius 2 is 1.75 bits per heavy atom. The average Bonchev–Trinajstić information content (AvgIpc) is 3.35. The summed E-state index contributed by atoms with van der Waals surface area (Å²) in [5.74, 6) is 0.189. The molecule has 0 spiro atoms. The molecule has 5 nitrogen and oxygen atoms in total. The van der Waals surface area contributed by atoms with Crippen LogP contribution in [0.2, 0.25) is 0 Å². The third kappa shape index (κ3) is 3.66. The minimum atomic E-state index is -3.49. The standard InChI is InChI=1S/C18H20N2O3S/c1-2-19-24(22,23)15-10-8-14(9-11-15)18(21)20-17-12-16(17)13-6-4-3-5-7-13/h3-11,16-17,19H,2,12H2,1H3,(H,20,21). The van der Waals surface area contributed by atoms with Crippen LogP contribution in [-0.4, -0.2) is 26.9 Å². The van der Waals surface area contributed by atoms with Gasteiger partial charge in [0.05, 0.1) is 4.90 Å². The second kappa shape index (κ2) is 6.75. The van der Waals surface area contributed by atoms with Gasteiger partial charge in [-0.1, -0.05) is 37.3 Å². The molecule has 0 aliphatic heterocycles. The topological polar surface area (TPSA) is 75.3 Å². The van der Waals surface area contributed by atoms with Crippen molar-refractivity contribution in [2.75, 3.05) is 6.54 Å². The van der Waals surface area contributed by atoms with Crippen molar-refractivity contribution < 1.29 is 13.2 Å². The van der Waals surface area contributed by atoms with Crippen molar-refractivity contribution in [3.8, 4) is 0 Å². The predicted molar refractivity (Wildman–Crippen MR) is 92.4 cm³/mol. The molecule has 0 bridgehead atoms. The largest absolute Gasteiger partial charge is 0.349 e. The van der Waals surface area contributed by atoms with Gasteiger partial charge in [-0.25, -0.2) is 13.1 Å². The van der Waals surface area contributed by atoms with Gasteiger partial charge in [-0.2, -0.15) is 0 Å². The Balaban J connectivity index is 1.63. The van der Waals surface area contributed by atoms with Crippen molar-refractivity contribution in [3.05, 3.63) is 65.7 Å². The first kappa shape index (κ1) is 16.7. The molecule has 3 rings (SSSR count). The third-order valence-electron chi connectivity index (χ3n) is 4.10. The molecule has 1 saturated carbocycles. The summed E-state index contributed by atoms with van der Waals surface area (Å²) < 4.78 is 26.2. The molecule has 2 atom stereocenters. The summed E-state index contributed by atoms with van der Waals surface area (Å²) in [7, 11) is -3.49. The number of benzene rings is 2. The van der Waals surface area contributed by atoms with E-state index in [0.29, 0.717) is 18.0 Å². The second-order valence-electron chi connectivity index (χ2n) is 5.86. The summed E-state index contributed by atoms with van der Waals surface area (Å²) >= 11 is 0. The normalized spacial score (nSPS) is 19.7. The fourth-order valence-electron chi connectivity index (χ4n) is 2.73. The highest BCUT2D eigenvalue weighted by atomic mass is 32.2. The zero-order valence-corrected chi connectivity index (χ0v) is 14.2. The van der Waals surface area contributed by atoms with Gasteiger partial charge in [0, 0.05) is 24.1 Å². The molecule has 0 saturated heterocycles. The van der Waals surface area contributed by atoms with Gasteiger partial charge in [-0.05, 0) is 36.2 Å². The maximum Gasteiger partial charge on any atom is 0.251 e. The lowest BCUT2D eigenvalue weighted by atomic mass is 10.1. The summed E-state index contributed by atoms with van der Waals surface area (Å²) in [5.41, 5.74) is 1.69. The van der Waals surface area contributed by atoms with Crippen LogP contribution in [0.4, 0.5) is 0 Å². The predicted octanol–water partition coefficient (Wildman–Crippen LogP) is 2.27. The highest BCUT2D eigenvalue weighted by Crippen LogP contribution is 2.40. The maximum atomic E-state index is 12.3. The molecule has 0 heterocycles. The van der Waals surface area contributed by atoms with Crippen LogP contribution in [0.3, 0.4) is 0 Å². The fourth-order valence-corrected chi connectivity index (χ4v) is 3.77. The highest BCUT2D eigenvalue weighted by Gasteiger charge is 2.39. The molecule has 2 unspecified atom stereocenters. The molecule has 1 aliphatic rings. The molecule has 6 heteroatoms. The zero-order valence-electron chi connectivity index (χ0n) is 13.4. The summed E-state index contributed by atoms with van der Waals surface area (Å²) in [6, 6.07) is 16.2. The Morgan fingerprint density at radius 3 is 2.38 bits per heavy atom. The molecule has 2 aromatic rings. The van der Waals surface area contributed by atoms with E-state index >= 15 is 0 Å². The molecular weight excluding hydrogens is 324 g/mol. The maximum absolute atomic E-state index is 12.3. The van der Waals surface area contributed by atoms with Gasteiger partial charge in [0.25, 0.3) is 5.91 Å². The van der Waals surface area contributed by atoms with Crippen LogP contribution in [0.5, 0.6) is 0 Å². The van der Waals surface area contributed by atoms with E-state index in [2.05, 4.69) is 22.2 Å². The van der Waals surface area contributed by atoms with Gasteiger partial charge < -0.3 is 5.32 Å². The highest BCUT2D eigenvalue weighted by molar-refractivity contribution is 7.89. The quantitative estimate of drug-likeness (QED) is 0.844. The molecule has 24 heavy (non-hydrogen) atoms. The van der Waals surface area contributed by atoms with E-state index in [0.717, 1.165) is 6.42 Å². The van der Waals surface area contributed by atoms with Crippen LogP contribution in [-0.2, 0) is 10.0 Å². The smallest absolute Gasteiger partial charge is 0.251 e. The molecule has 0 radical (unpaired) electrons. The minimum Gasteiger partial charge on any atom is -0.349 e. The Morgan fingerprint density at radius 1 is 1.08 bits per heavy atom. The van der Waals surface area contributed by atoms with Crippen molar-refractivity contribution in [1.82, 2.24) is 10.0 Å². The van der Waals surface area contributed by atoms with Gasteiger partial charge in [0.2, 0.25) is 10.0 Å². The summed E-state index contributed by atoms with van der Waals surface area (Å²) in [6.07, 6.45) is 0.933. The molecule has 2 aromatic carbocycles. The van der Waals surface area contributed by atoms with Crippen LogP contribution in [0.1, 0.15) is 35.2 Å². The number of nitrogens with one attached hydrogen (secondary N) is 2. The third-order valence-corrected chi connectivity index (χ3v) is 5.66. The number of hydrogen-bond donors (Lipinski definition) is 2. The number of sulfonamides is 1. The number of amides is 1. The van der Waals surface area contributed by atoms with E-state index in [1.165, 1.54) is 17.7 Å². The Kier molecular flexibility index (Phi) is 4.69. The van der Waals surface area contributed by atoms with Gasteiger partial charge in [0.1, 0.15) is 0 Å².